The van der Waals surface area contributed by atoms with Crippen molar-refractivity contribution in [1.82, 2.24) is 5.32 Å². The van der Waals surface area contributed by atoms with Gasteiger partial charge in [-0.1, -0.05) is 23.8 Å². The number of nitrogens with one attached hydrogen (secondary N) is 1. The molecule has 0 aromatic carbocycles. The second-order valence-corrected chi connectivity index (χ2v) is 4.47. The van der Waals surface area contributed by atoms with E-state index in [-0.39, 0.29) is 0 Å². The minimum Gasteiger partial charge on any atom is -0.375 e. The van der Waals surface area contributed by atoms with E-state index in [1.807, 2.05) is 6.08 Å². The Balaban J connectivity index is 1.88. The van der Waals surface area contributed by atoms with Crippen LogP contribution in [0.25, 0.3) is 0 Å². The third kappa shape index (κ3) is 2.38. The van der Waals surface area contributed by atoms with E-state index < -0.39 is 0 Å². The molecule has 0 amide bonds. The molecule has 1 fully saturated rings. The molecule has 2 nitrogen and oxygen atoms in total. The largest absolute Gasteiger partial charge is 0.375 e. The first-order valence-corrected chi connectivity index (χ1v) is 5.52. The third-order valence-corrected chi connectivity index (χ3v) is 3.07. The Morgan fingerprint density at radius 3 is 3.00 bits per heavy atom. The number of rotatable bonds is 1. The second kappa shape index (κ2) is 4.47. The predicted molar refractivity (Wildman–Crippen MR) is 58.4 cm³/mol. The molecule has 3 atom stereocenters. The lowest BCUT2D eigenvalue weighted by atomic mass is 9.93. The summed E-state index contributed by atoms with van der Waals surface area (Å²) in [7, 11) is 0. The standard InChI is InChI=1S/C11H16ClNO/c1-8-7-14-11(6-13-8)9-2-4-10(12)5-3-9/h2,4-5,8-9,11,13H,3,6-7H2,1H3/t8-,9+,11?/m0/s1. The van der Waals surface area contributed by atoms with Crippen molar-refractivity contribution < 1.29 is 4.74 Å². The zero-order chi connectivity index (χ0) is 9.97. The smallest absolute Gasteiger partial charge is 0.0765 e. The van der Waals surface area contributed by atoms with Crippen LogP contribution in [0.4, 0.5) is 0 Å². The van der Waals surface area contributed by atoms with Crippen LogP contribution in [0.2, 0.25) is 0 Å². The monoisotopic (exact) mass is 213 g/mol. The number of hydrogen-bond donors (Lipinski definition) is 1. The van der Waals surface area contributed by atoms with E-state index in [4.69, 9.17) is 16.3 Å². The molecule has 3 heteroatoms. The van der Waals surface area contributed by atoms with E-state index in [0.717, 1.165) is 24.6 Å². The lowest BCUT2D eigenvalue weighted by Gasteiger charge is -2.33. The molecular weight excluding hydrogens is 198 g/mol. The van der Waals surface area contributed by atoms with Crippen molar-refractivity contribution in [3.63, 3.8) is 0 Å². The predicted octanol–water partition coefficient (Wildman–Crippen LogP) is 2.06. The Kier molecular flexibility index (Phi) is 3.26. The van der Waals surface area contributed by atoms with E-state index in [0.29, 0.717) is 18.1 Å². The minimum atomic E-state index is 0.309. The Morgan fingerprint density at radius 1 is 1.57 bits per heavy atom. The van der Waals surface area contributed by atoms with E-state index in [1.54, 1.807) is 0 Å². The molecule has 1 aliphatic carbocycles. The first kappa shape index (κ1) is 10.2. The highest BCUT2D eigenvalue weighted by Gasteiger charge is 2.25. The lowest BCUT2D eigenvalue weighted by molar-refractivity contribution is -0.0145. The van der Waals surface area contributed by atoms with Crippen LogP contribution in [0.5, 0.6) is 0 Å². The van der Waals surface area contributed by atoms with Crippen LogP contribution < -0.4 is 5.32 Å². The fraction of sp³-hybridized carbons (Fsp3) is 0.636. The van der Waals surface area contributed by atoms with Crippen LogP contribution >= 0.6 is 11.6 Å². The summed E-state index contributed by atoms with van der Waals surface area (Å²) in [6.07, 6.45) is 7.49. The molecule has 2 rings (SSSR count). The van der Waals surface area contributed by atoms with Gasteiger partial charge in [0.25, 0.3) is 0 Å². The van der Waals surface area contributed by atoms with Crippen LogP contribution in [0.1, 0.15) is 13.3 Å². The van der Waals surface area contributed by atoms with Gasteiger partial charge in [0.05, 0.1) is 12.7 Å². The van der Waals surface area contributed by atoms with Gasteiger partial charge in [-0.05, 0) is 19.4 Å². The van der Waals surface area contributed by atoms with Gasteiger partial charge >= 0.3 is 0 Å². The van der Waals surface area contributed by atoms with Crippen molar-refractivity contribution in [2.24, 2.45) is 5.92 Å². The van der Waals surface area contributed by atoms with Gasteiger partial charge in [0, 0.05) is 23.5 Å². The van der Waals surface area contributed by atoms with E-state index in [1.165, 1.54) is 0 Å². The summed E-state index contributed by atoms with van der Waals surface area (Å²) in [4.78, 5) is 0. The summed E-state index contributed by atoms with van der Waals surface area (Å²) in [6.45, 7) is 3.90. The number of ether oxygens (including phenoxy) is 1. The van der Waals surface area contributed by atoms with Crippen molar-refractivity contribution >= 4 is 11.6 Å². The van der Waals surface area contributed by atoms with Crippen LogP contribution in [0.3, 0.4) is 0 Å². The van der Waals surface area contributed by atoms with Gasteiger partial charge in [-0.25, -0.2) is 0 Å². The number of allylic oxidation sites excluding steroid dienone is 3. The molecule has 1 aliphatic heterocycles. The van der Waals surface area contributed by atoms with Gasteiger partial charge in [0.15, 0.2) is 0 Å². The summed E-state index contributed by atoms with van der Waals surface area (Å²) >= 11 is 5.86. The molecule has 0 spiro atoms. The number of hydrogen-bond acceptors (Lipinski definition) is 2. The van der Waals surface area contributed by atoms with Crippen molar-refractivity contribution in [3.05, 3.63) is 23.3 Å². The first-order valence-electron chi connectivity index (χ1n) is 5.14. The summed E-state index contributed by atoms with van der Waals surface area (Å²) in [5.74, 6) is 0.484. The molecule has 2 aliphatic rings. The van der Waals surface area contributed by atoms with Crippen LogP contribution in [-0.2, 0) is 4.74 Å². The van der Waals surface area contributed by atoms with Crippen molar-refractivity contribution in [2.45, 2.75) is 25.5 Å². The maximum atomic E-state index is 5.86. The number of morpholine rings is 1. The maximum absolute atomic E-state index is 5.86. The highest BCUT2D eigenvalue weighted by Crippen LogP contribution is 2.24. The summed E-state index contributed by atoms with van der Waals surface area (Å²) in [5.41, 5.74) is 0. The molecular formula is C11H16ClNO. The SMILES string of the molecule is C[C@H]1COC([C@@H]2C=CC(Cl)=CC2)CN1. The molecule has 1 saturated heterocycles. The fourth-order valence-corrected chi connectivity index (χ4v) is 2.03. The second-order valence-electron chi connectivity index (χ2n) is 4.03. The van der Waals surface area contributed by atoms with Gasteiger partial charge in [-0.15, -0.1) is 0 Å². The van der Waals surface area contributed by atoms with Gasteiger partial charge in [0.2, 0.25) is 0 Å². The number of halogens is 1. The van der Waals surface area contributed by atoms with E-state index >= 15 is 0 Å². The molecule has 0 aromatic heterocycles. The van der Waals surface area contributed by atoms with Gasteiger partial charge in [-0.2, -0.15) is 0 Å². The lowest BCUT2D eigenvalue weighted by Crippen LogP contribution is -2.47. The minimum absolute atomic E-state index is 0.309. The average molecular weight is 214 g/mol. The zero-order valence-electron chi connectivity index (χ0n) is 8.37. The van der Waals surface area contributed by atoms with Crippen LogP contribution in [0, 0.1) is 5.92 Å². The van der Waals surface area contributed by atoms with Crippen LogP contribution in [0.15, 0.2) is 23.3 Å². The first-order chi connectivity index (χ1) is 6.75. The van der Waals surface area contributed by atoms with Crippen molar-refractivity contribution in [2.75, 3.05) is 13.2 Å². The average Bonchev–Trinajstić information content (AvgIpc) is 2.21. The Morgan fingerprint density at radius 2 is 2.43 bits per heavy atom. The van der Waals surface area contributed by atoms with Crippen molar-refractivity contribution in [1.29, 1.82) is 0 Å². The van der Waals surface area contributed by atoms with Gasteiger partial charge in [0.1, 0.15) is 0 Å². The highest BCUT2D eigenvalue weighted by atomic mass is 35.5. The Hall–Kier alpha value is -0.310. The topological polar surface area (TPSA) is 21.3 Å². The van der Waals surface area contributed by atoms with E-state index in [9.17, 15) is 0 Å². The molecule has 0 saturated carbocycles. The summed E-state index contributed by atoms with van der Waals surface area (Å²) in [6, 6.07) is 0.484. The Bertz CT molecular complexity index is 254. The molecule has 1 heterocycles. The summed E-state index contributed by atoms with van der Waals surface area (Å²) < 4.78 is 5.78. The molecule has 0 radical (unpaired) electrons. The maximum Gasteiger partial charge on any atom is 0.0765 e. The third-order valence-electron chi connectivity index (χ3n) is 2.79. The zero-order valence-corrected chi connectivity index (χ0v) is 9.13. The van der Waals surface area contributed by atoms with Crippen molar-refractivity contribution in [3.8, 4) is 0 Å². The molecule has 14 heavy (non-hydrogen) atoms. The highest BCUT2D eigenvalue weighted by molar-refractivity contribution is 6.31. The molecule has 1 N–H and O–H groups in total. The normalized spacial score (nSPS) is 38.1. The summed E-state index contributed by atoms with van der Waals surface area (Å²) in [5, 5.41) is 4.27. The quantitative estimate of drug-likeness (QED) is 0.720. The Labute approximate surface area is 90.0 Å². The molecule has 0 bridgehead atoms. The van der Waals surface area contributed by atoms with E-state index in [2.05, 4.69) is 24.4 Å². The van der Waals surface area contributed by atoms with Gasteiger partial charge < -0.3 is 10.1 Å². The molecule has 0 aromatic rings. The molecule has 78 valence electrons. The fourth-order valence-electron chi connectivity index (χ4n) is 1.86. The van der Waals surface area contributed by atoms with Gasteiger partial charge in [-0.3, -0.25) is 0 Å². The van der Waals surface area contributed by atoms with Crippen LogP contribution in [-0.4, -0.2) is 25.3 Å². The molecule has 1 unspecified atom stereocenters.